The first-order valence-electron chi connectivity index (χ1n) is 8.75. The Kier molecular flexibility index (Phi) is 4.57. The molecule has 0 radical (unpaired) electrons. The molecule has 2 aliphatic rings. The van der Waals surface area contributed by atoms with Crippen LogP contribution in [-0.4, -0.2) is 43.2 Å². The molecule has 1 saturated heterocycles. The van der Waals surface area contributed by atoms with Crippen LogP contribution in [0.4, 0.5) is 0 Å². The molecule has 0 aliphatic carbocycles. The Bertz CT molecular complexity index is 748. The summed E-state index contributed by atoms with van der Waals surface area (Å²) in [5.74, 6) is 1.12. The van der Waals surface area contributed by atoms with Gasteiger partial charge in [-0.15, -0.1) is 0 Å². The number of hydrogen-bond acceptors (Lipinski definition) is 4. The van der Waals surface area contributed by atoms with Gasteiger partial charge in [-0.3, -0.25) is 9.69 Å². The number of rotatable bonds is 4. The monoisotopic (exact) mass is 338 g/mol. The fraction of sp³-hybridized carbons (Fsp3) is 0.350. The maximum Gasteiger partial charge on any atom is 0.255 e. The zero-order valence-electron chi connectivity index (χ0n) is 14.1. The van der Waals surface area contributed by atoms with Crippen molar-refractivity contribution in [1.82, 2.24) is 10.2 Å². The number of benzene rings is 2. The summed E-state index contributed by atoms with van der Waals surface area (Å²) >= 11 is 0. The minimum Gasteiger partial charge on any atom is -0.486 e. The van der Waals surface area contributed by atoms with Crippen LogP contribution in [-0.2, 0) is 6.54 Å². The highest BCUT2D eigenvalue weighted by atomic mass is 16.6. The molecule has 1 atom stereocenters. The van der Waals surface area contributed by atoms with Gasteiger partial charge in [-0.1, -0.05) is 36.4 Å². The van der Waals surface area contributed by atoms with E-state index in [1.54, 1.807) is 6.07 Å². The number of fused-ring (bicyclic) bond motifs is 1. The average Bonchev–Trinajstić information content (AvgIpc) is 3.09. The molecule has 0 bridgehead atoms. The molecule has 2 aliphatic heterocycles. The first kappa shape index (κ1) is 16.0. The second kappa shape index (κ2) is 7.15. The van der Waals surface area contributed by atoms with E-state index in [1.807, 2.05) is 18.2 Å². The lowest BCUT2D eigenvalue weighted by Crippen LogP contribution is -2.37. The highest BCUT2D eigenvalue weighted by Crippen LogP contribution is 2.33. The minimum atomic E-state index is -0.0890. The van der Waals surface area contributed by atoms with Gasteiger partial charge in [0.05, 0.1) is 5.56 Å². The Hall–Kier alpha value is -2.53. The van der Waals surface area contributed by atoms with Crippen molar-refractivity contribution in [3.63, 3.8) is 0 Å². The quantitative estimate of drug-likeness (QED) is 0.930. The number of amides is 1. The summed E-state index contributed by atoms with van der Waals surface area (Å²) in [5, 5.41) is 3.14. The van der Waals surface area contributed by atoms with Gasteiger partial charge in [0.25, 0.3) is 5.91 Å². The SMILES string of the molecule is O=C(N[C@@H]1CCN(Cc2ccccc2)C1)c1cccc2c1OCCO2. The molecule has 25 heavy (non-hydrogen) atoms. The Morgan fingerprint density at radius 3 is 2.80 bits per heavy atom. The van der Waals surface area contributed by atoms with Gasteiger partial charge < -0.3 is 14.8 Å². The molecular weight excluding hydrogens is 316 g/mol. The van der Waals surface area contributed by atoms with Gasteiger partial charge in [-0.2, -0.15) is 0 Å². The van der Waals surface area contributed by atoms with Crippen molar-refractivity contribution in [3.05, 3.63) is 59.7 Å². The normalized spacial score (nSPS) is 19.6. The Labute approximate surface area is 147 Å². The van der Waals surface area contributed by atoms with E-state index in [0.29, 0.717) is 30.3 Å². The van der Waals surface area contributed by atoms with Crippen molar-refractivity contribution < 1.29 is 14.3 Å². The van der Waals surface area contributed by atoms with Crippen LogP contribution in [0.3, 0.4) is 0 Å². The van der Waals surface area contributed by atoms with Crippen LogP contribution < -0.4 is 14.8 Å². The maximum absolute atomic E-state index is 12.7. The summed E-state index contributed by atoms with van der Waals surface area (Å²) in [4.78, 5) is 15.0. The molecule has 0 unspecified atom stereocenters. The number of likely N-dealkylation sites (tertiary alicyclic amines) is 1. The Morgan fingerprint density at radius 2 is 1.92 bits per heavy atom. The lowest BCUT2D eigenvalue weighted by molar-refractivity contribution is 0.0926. The number of ether oxygens (including phenoxy) is 2. The largest absolute Gasteiger partial charge is 0.486 e. The second-order valence-electron chi connectivity index (χ2n) is 6.51. The van der Waals surface area contributed by atoms with Crippen molar-refractivity contribution in [2.75, 3.05) is 26.3 Å². The lowest BCUT2D eigenvalue weighted by Gasteiger charge is -2.21. The van der Waals surface area contributed by atoms with Gasteiger partial charge in [0.2, 0.25) is 0 Å². The minimum absolute atomic E-state index is 0.0890. The summed E-state index contributed by atoms with van der Waals surface area (Å²) in [7, 11) is 0. The number of hydrogen-bond donors (Lipinski definition) is 1. The summed E-state index contributed by atoms with van der Waals surface area (Å²) in [6.45, 7) is 3.78. The summed E-state index contributed by atoms with van der Waals surface area (Å²) < 4.78 is 11.2. The molecule has 0 aromatic heterocycles. The first-order valence-corrected chi connectivity index (χ1v) is 8.75. The summed E-state index contributed by atoms with van der Waals surface area (Å²) in [5.41, 5.74) is 1.86. The van der Waals surface area contributed by atoms with E-state index in [4.69, 9.17) is 9.47 Å². The van der Waals surface area contributed by atoms with Crippen LogP contribution in [0, 0.1) is 0 Å². The van der Waals surface area contributed by atoms with E-state index in [0.717, 1.165) is 26.1 Å². The number of carbonyl (C=O) groups excluding carboxylic acids is 1. The number of nitrogens with one attached hydrogen (secondary N) is 1. The third-order valence-electron chi connectivity index (χ3n) is 4.67. The van der Waals surface area contributed by atoms with Crippen LogP contribution in [0.25, 0.3) is 0 Å². The fourth-order valence-electron chi connectivity index (χ4n) is 3.45. The molecule has 1 fully saturated rings. The predicted octanol–water partition coefficient (Wildman–Crippen LogP) is 2.46. The Morgan fingerprint density at radius 1 is 1.08 bits per heavy atom. The summed E-state index contributed by atoms with van der Waals surface area (Å²) in [6, 6.07) is 16.1. The standard InChI is InChI=1S/C20H22N2O3/c23-20(17-7-4-8-18-19(17)25-12-11-24-18)21-16-9-10-22(14-16)13-15-5-2-1-3-6-15/h1-8,16H,9-14H2,(H,21,23)/t16-/m1/s1. The van der Waals surface area contributed by atoms with Crippen LogP contribution in [0.2, 0.25) is 0 Å². The highest BCUT2D eigenvalue weighted by Gasteiger charge is 2.26. The molecule has 0 spiro atoms. The van der Waals surface area contributed by atoms with Crippen molar-refractivity contribution >= 4 is 5.91 Å². The average molecular weight is 338 g/mol. The van der Waals surface area contributed by atoms with Crippen molar-refractivity contribution in [3.8, 4) is 11.5 Å². The molecule has 1 N–H and O–H groups in total. The van der Waals surface area contributed by atoms with E-state index < -0.39 is 0 Å². The van der Waals surface area contributed by atoms with E-state index in [2.05, 4.69) is 34.5 Å². The molecule has 0 saturated carbocycles. The van der Waals surface area contributed by atoms with Crippen molar-refractivity contribution in [2.24, 2.45) is 0 Å². The zero-order chi connectivity index (χ0) is 17.1. The van der Waals surface area contributed by atoms with E-state index in [1.165, 1.54) is 5.56 Å². The molecule has 2 heterocycles. The molecule has 130 valence electrons. The topological polar surface area (TPSA) is 50.8 Å². The molecule has 2 aromatic carbocycles. The van der Waals surface area contributed by atoms with Gasteiger partial charge in [0, 0.05) is 25.7 Å². The maximum atomic E-state index is 12.7. The van der Waals surface area contributed by atoms with Crippen LogP contribution >= 0.6 is 0 Å². The van der Waals surface area contributed by atoms with Crippen LogP contribution in [0.1, 0.15) is 22.3 Å². The predicted molar refractivity (Wildman–Crippen MR) is 95.0 cm³/mol. The van der Waals surface area contributed by atoms with Crippen LogP contribution in [0.5, 0.6) is 11.5 Å². The van der Waals surface area contributed by atoms with Gasteiger partial charge in [-0.05, 0) is 24.1 Å². The fourth-order valence-corrected chi connectivity index (χ4v) is 3.45. The molecule has 2 aromatic rings. The molecule has 5 nitrogen and oxygen atoms in total. The van der Waals surface area contributed by atoms with Gasteiger partial charge in [-0.25, -0.2) is 0 Å². The van der Waals surface area contributed by atoms with Crippen LogP contribution in [0.15, 0.2) is 48.5 Å². The van der Waals surface area contributed by atoms with Gasteiger partial charge in [0.1, 0.15) is 13.2 Å². The van der Waals surface area contributed by atoms with Crippen molar-refractivity contribution in [2.45, 2.75) is 19.0 Å². The number of nitrogens with zero attached hydrogens (tertiary/aromatic N) is 1. The van der Waals surface area contributed by atoms with Gasteiger partial charge in [0.15, 0.2) is 11.5 Å². The third kappa shape index (κ3) is 3.61. The number of carbonyl (C=O) groups is 1. The van der Waals surface area contributed by atoms with E-state index in [-0.39, 0.29) is 11.9 Å². The smallest absolute Gasteiger partial charge is 0.255 e. The van der Waals surface area contributed by atoms with Gasteiger partial charge >= 0.3 is 0 Å². The van der Waals surface area contributed by atoms with E-state index >= 15 is 0 Å². The third-order valence-corrected chi connectivity index (χ3v) is 4.67. The Balaban J connectivity index is 1.38. The molecule has 4 rings (SSSR count). The molecular formula is C20H22N2O3. The highest BCUT2D eigenvalue weighted by molar-refractivity contribution is 5.98. The summed E-state index contributed by atoms with van der Waals surface area (Å²) in [6.07, 6.45) is 0.963. The molecule has 5 heteroatoms. The lowest BCUT2D eigenvalue weighted by atomic mass is 10.1. The number of para-hydroxylation sites is 1. The zero-order valence-corrected chi connectivity index (χ0v) is 14.1. The van der Waals surface area contributed by atoms with Crippen molar-refractivity contribution in [1.29, 1.82) is 0 Å². The molecule has 1 amide bonds. The second-order valence-corrected chi connectivity index (χ2v) is 6.51. The first-order chi connectivity index (χ1) is 12.3. The van der Waals surface area contributed by atoms with E-state index in [9.17, 15) is 4.79 Å².